The van der Waals surface area contributed by atoms with Gasteiger partial charge in [0.15, 0.2) is 5.78 Å². The van der Waals surface area contributed by atoms with E-state index in [-0.39, 0.29) is 12.2 Å². The van der Waals surface area contributed by atoms with Gasteiger partial charge in [0.1, 0.15) is 0 Å². The average molecular weight is 288 g/mol. The topological polar surface area (TPSA) is 63.6 Å². The zero-order valence-corrected chi connectivity index (χ0v) is 12.8. The molecule has 4 heteroatoms. The van der Waals surface area contributed by atoms with E-state index in [0.717, 1.165) is 5.57 Å². The Balaban J connectivity index is 2.68. The minimum Gasteiger partial charge on any atom is -0.467 e. The SMILES string of the molecule is COC(=O)C1(O)c2ccccc2C(=O)C1(C)CC=C(C)C. The molecule has 21 heavy (non-hydrogen) atoms. The second-order valence-corrected chi connectivity index (χ2v) is 5.89. The number of hydrogen-bond acceptors (Lipinski definition) is 4. The van der Waals surface area contributed by atoms with Crippen molar-refractivity contribution in [2.45, 2.75) is 32.8 Å². The minimum atomic E-state index is -1.96. The highest BCUT2D eigenvalue weighted by Gasteiger charge is 2.64. The first kappa shape index (κ1) is 15.4. The van der Waals surface area contributed by atoms with E-state index in [2.05, 4.69) is 0 Å². The van der Waals surface area contributed by atoms with Gasteiger partial charge in [-0.1, -0.05) is 35.9 Å². The summed E-state index contributed by atoms with van der Waals surface area (Å²) in [5.74, 6) is -1.03. The molecule has 112 valence electrons. The molecule has 0 bridgehead atoms. The molecule has 2 rings (SSSR count). The van der Waals surface area contributed by atoms with Crippen molar-refractivity contribution in [1.82, 2.24) is 0 Å². The lowest BCUT2D eigenvalue weighted by Crippen LogP contribution is -2.49. The van der Waals surface area contributed by atoms with Crippen LogP contribution in [0, 0.1) is 5.41 Å². The molecule has 2 unspecified atom stereocenters. The molecule has 1 aliphatic carbocycles. The molecule has 2 atom stereocenters. The lowest BCUT2D eigenvalue weighted by Gasteiger charge is -2.35. The van der Waals surface area contributed by atoms with Gasteiger partial charge in [-0.05, 0) is 27.2 Å². The number of hydrogen-bond donors (Lipinski definition) is 1. The summed E-state index contributed by atoms with van der Waals surface area (Å²) in [6.07, 6.45) is 2.13. The Morgan fingerprint density at radius 3 is 2.52 bits per heavy atom. The van der Waals surface area contributed by atoms with Crippen LogP contribution in [-0.2, 0) is 15.1 Å². The number of esters is 1. The molecule has 0 aliphatic heterocycles. The molecule has 0 saturated heterocycles. The van der Waals surface area contributed by atoms with Gasteiger partial charge in [-0.25, -0.2) is 4.79 Å². The summed E-state index contributed by atoms with van der Waals surface area (Å²) in [5, 5.41) is 11.1. The highest BCUT2D eigenvalue weighted by molar-refractivity contribution is 6.11. The van der Waals surface area contributed by atoms with E-state index in [1.165, 1.54) is 7.11 Å². The van der Waals surface area contributed by atoms with Crippen molar-refractivity contribution in [2.75, 3.05) is 7.11 Å². The summed E-state index contributed by atoms with van der Waals surface area (Å²) in [6, 6.07) is 6.67. The molecule has 0 radical (unpaired) electrons. The van der Waals surface area contributed by atoms with Crippen LogP contribution in [0.4, 0.5) is 0 Å². The van der Waals surface area contributed by atoms with Crippen LogP contribution in [0.15, 0.2) is 35.9 Å². The van der Waals surface area contributed by atoms with Gasteiger partial charge in [-0.15, -0.1) is 0 Å². The number of carbonyl (C=O) groups is 2. The number of aliphatic hydroxyl groups is 1. The van der Waals surface area contributed by atoms with E-state index >= 15 is 0 Å². The maximum Gasteiger partial charge on any atom is 0.343 e. The molecule has 1 aromatic carbocycles. The fourth-order valence-electron chi connectivity index (χ4n) is 2.89. The lowest BCUT2D eigenvalue weighted by molar-refractivity contribution is -0.174. The number of Topliss-reactive ketones (excluding diaryl/α,β-unsaturated/α-hetero) is 1. The number of ether oxygens (including phenoxy) is 1. The van der Waals surface area contributed by atoms with Gasteiger partial charge in [0.05, 0.1) is 12.5 Å². The Kier molecular flexibility index (Phi) is 3.76. The summed E-state index contributed by atoms with van der Waals surface area (Å²) in [4.78, 5) is 25.0. The number of benzene rings is 1. The van der Waals surface area contributed by atoms with Crippen molar-refractivity contribution >= 4 is 11.8 Å². The number of carbonyl (C=O) groups excluding carboxylic acids is 2. The molecule has 0 aromatic heterocycles. The van der Waals surface area contributed by atoms with Crippen molar-refractivity contribution in [3.63, 3.8) is 0 Å². The first-order chi connectivity index (χ1) is 9.79. The number of ketones is 1. The molecule has 1 aromatic rings. The van der Waals surface area contributed by atoms with Gasteiger partial charge in [-0.2, -0.15) is 0 Å². The summed E-state index contributed by atoms with van der Waals surface area (Å²) < 4.78 is 4.78. The van der Waals surface area contributed by atoms with Gasteiger partial charge in [0.25, 0.3) is 0 Å². The second kappa shape index (κ2) is 5.11. The Morgan fingerprint density at radius 2 is 1.95 bits per heavy atom. The van der Waals surface area contributed by atoms with Gasteiger partial charge in [0.2, 0.25) is 5.60 Å². The number of fused-ring (bicyclic) bond motifs is 1. The van der Waals surface area contributed by atoms with E-state index in [1.54, 1.807) is 31.2 Å². The first-order valence-electron chi connectivity index (χ1n) is 6.87. The third-order valence-corrected chi connectivity index (χ3v) is 4.26. The maximum atomic E-state index is 12.8. The van der Waals surface area contributed by atoms with Crippen LogP contribution < -0.4 is 0 Å². The molecular weight excluding hydrogens is 268 g/mol. The van der Waals surface area contributed by atoms with Gasteiger partial charge < -0.3 is 9.84 Å². The van der Waals surface area contributed by atoms with Crippen molar-refractivity contribution in [3.05, 3.63) is 47.0 Å². The van der Waals surface area contributed by atoms with Crippen LogP contribution in [0.25, 0.3) is 0 Å². The van der Waals surface area contributed by atoms with Crippen LogP contribution in [-0.4, -0.2) is 24.0 Å². The van der Waals surface area contributed by atoms with Crippen molar-refractivity contribution in [3.8, 4) is 0 Å². The van der Waals surface area contributed by atoms with Crippen LogP contribution >= 0.6 is 0 Å². The fraction of sp³-hybridized carbons (Fsp3) is 0.412. The molecule has 0 fully saturated rings. The molecule has 0 spiro atoms. The number of rotatable bonds is 3. The van der Waals surface area contributed by atoms with Crippen molar-refractivity contribution in [2.24, 2.45) is 5.41 Å². The van der Waals surface area contributed by atoms with Gasteiger partial charge >= 0.3 is 5.97 Å². The normalized spacial score (nSPS) is 27.2. The molecule has 4 nitrogen and oxygen atoms in total. The summed E-state index contributed by atoms with van der Waals surface area (Å²) in [6.45, 7) is 5.44. The summed E-state index contributed by atoms with van der Waals surface area (Å²) in [5.41, 5.74) is -1.49. The Hall–Kier alpha value is -1.94. The highest BCUT2D eigenvalue weighted by atomic mass is 16.5. The molecule has 0 amide bonds. The van der Waals surface area contributed by atoms with E-state index in [1.807, 2.05) is 19.9 Å². The standard InChI is InChI=1S/C17H20O4/c1-11(2)9-10-16(3)14(18)12-7-5-6-8-13(12)17(16,20)15(19)21-4/h5-9,20H,10H2,1-4H3. The van der Waals surface area contributed by atoms with E-state index in [0.29, 0.717) is 11.1 Å². The van der Waals surface area contributed by atoms with E-state index in [4.69, 9.17) is 4.74 Å². The van der Waals surface area contributed by atoms with Crippen LogP contribution in [0.2, 0.25) is 0 Å². The summed E-state index contributed by atoms with van der Waals surface area (Å²) >= 11 is 0. The maximum absolute atomic E-state index is 12.8. The summed E-state index contributed by atoms with van der Waals surface area (Å²) in [7, 11) is 1.22. The van der Waals surface area contributed by atoms with E-state index < -0.39 is 17.0 Å². The number of allylic oxidation sites excluding steroid dienone is 2. The Bertz CT molecular complexity index is 627. The van der Waals surface area contributed by atoms with Crippen molar-refractivity contribution in [1.29, 1.82) is 0 Å². The zero-order chi connectivity index (χ0) is 15.8. The minimum absolute atomic E-state index is 0.233. The Morgan fingerprint density at radius 1 is 1.33 bits per heavy atom. The molecular formula is C17H20O4. The number of methoxy groups -OCH3 is 1. The lowest BCUT2D eigenvalue weighted by atomic mass is 9.70. The Labute approximate surface area is 124 Å². The van der Waals surface area contributed by atoms with Crippen LogP contribution in [0.1, 0.15) is 43.1 Å². The van der Waals surface area contributed by atoms with Gasteiger partial charge in [-0.3, -0.25) is 4.79 Å². The van der Waals surface area contributed by atoms with Gasteiger partial charge in [0, 0.05) is 11.1 Å². The first-order valence-corrected chi connectivity index (χ1v) is 6.87. The van der Waals surface area contributed by atoms with Crippen LogP contribution in [0.3, 0.4) is 0 Å². The molecule has 0 heterocycles. The molecule has 1 N–H and O–H groups in total. The third-order valence-electron chi connectivity index (χ3n) is 4.26. The predicted molar refractivity (Wildman–Crippen MR) is 78.8 cm³/mol. The smallest absolute Gasteiger partial charge is 0.343 e. The second-order valence-electron chi connectivity index (χ2n) is 5.89. The quantitative estimate of drug-likeness (QED) is 0.686. The average Bonchev–Trinajstić information content (AvgIpc) is 2.65. The third kappa shape index (κ3) is 2.02. The highest BCUT2D eigenvalue weighted by Crippen LogP contribution is 2.52. The molecule has 0 saturated carbocycles. The van der Waals surface area contributed by atoms with Crippen molar-refractivity contribution < 1.29 is 19.4 Å². The van der Waals surface area contributed by atoms with E-state index in [9.17, 15) is 14.7 Å². The predicted octanol–water partition coefficient (Wildman–Crippen LogP) is 2.61. The fourth-order valence-corrected chi connectivity index (χ4v) is 2.89. The van der Waals surface area contributed by atoms with Crippen LogP contribution in [0.5, 0.6) is 0 Å². The molecule has 1 aliphatic rings. The monoisotopic (exact) mass is 288 g/mol. The zero-order valence-electron chi connectivity index (χ0n) is 12.8. The largest absolute Gasteiger partial charge is 0.467 e.